The summed E-state index contributed by atoms with van der Waals surface area (Å²) in [7, 11) is 0. The van der Waals surface area contributed by atoms with Crippen molar-refractivity contribution in [1.82, 2.24) is 9.55 Å². The van der Waals surface area contributed by atoms with Gasteiger partial charge in [-0.3, -0.25) is 4.79 Å². The third-order valence-corrected chi connectivity index (χ3v) is 5.30. The van der Waals surface area contributed by atoms with E-state index in [4.69, 9.17) is 0 Å². The Balaban J connectivity index is 0.00000160. The zero-order valence-corrected chi connectivity index (χ0v) is 21.0. The van der Waals surface area contributed by atoms with Crippen molar-refractivity contribution >= 4 is 16.9 Å². The maximum Gasteiger partial charge on any atom is 1.00 e. The molecule has 0 bridgehead atoms. The number of aliphatic carboxylic acids is 1. The van der Waals surface area contributed by atoms with Crippen LogP contribution in [0.15, 0.2) is 35.1 Å². The molecule has 1 aliphatic rings. The molecule has 1 aliphatic heterocycles. The number of carbonyl (C=O) groups excluding carboxylic acids is 1. The Labute approximate surface area is 215 Å². The first-order chi connectivity index (χ1) is 13.3. The zero-order valence-electron chi connectivity index (χ0n) is 17.0. The van der Waals surface area contributed by atoms with Crippen LogP contribution in [0.25, 0.3) is 22.3 Å². The Kier molecular flexibility index (Phi) is 7.59. The van der Waals surface area contributed by atoms with E-state index in [1.54, 1.807) is 18.2 Å². The number of fused-ring (bicyclic) bond motifs is 4. The van der Waals surface area contributed by atoms with E-state index in [2.05, 4.69) is 4.98 Å². The average Bonchev–Trinajstić information content (AvgIpc) is 3.03. The summed E-state index contributed by atoms with van der Waals surface area (Å²) >= 11 is 0. The van der Waals surface area contributed by atoms with E-state index in [1.807, 2.05) is 0 Å². The number of pyridine rings is 2. The Morgan fingerprint density at radius 2 is 1.97 bits per heavy atom. The fourth-order valence-electron chi connectivity index (χ4n) is 3.73. The van der Waals surface area contributed by atoms with Gasteiger partial charge in [0.05, 0.1) is 36.0 Å². The number of aliphatic hydroxyl groups is 2. The second-order valence-corrected chi connectivity index (χ2v) is 6.85. The van der Waals surface area contributed by atoms with Gasteiger partial charge in [0.1, 0.15) is 11.4 Å². The molecule has 2 aromatic heterocycles. The van der Waals surface area contributed by atoms with Gasteiger partial charge in [-0.05, 0) is 36.8 Å². The van der Waals surface area contributed by atoms with Gasteiger partial charge in [-0.15, -0.1) is 0 Å². The largest absolute Gasteiger partial charge is 1.00 e. The number of carboxylic acids is 1. The molecule has 0 fully saturated rings. The number of rotatable bonds is 4. The number of aromatic hydroxyl groups is 1. The molecule has 1 atom stereocenters. The molecule has 8 nitrogen and oxygen atoms in total. The van der Waals surface area contributed by atoms with Crippen LogP contribution in [0.5, 0.6) is 5.75 Å². The Bertz CT molecular complexity index is 1210. The summed E-state index contributed by atoms with van der Waals surface area (Å²) in [6.45, 7) is 0.920. The van der Waals surface area contributed by atoms with Crippen LogP contribution in [-0.4, -0.2) is 30.8 Å². The molecule has 0 saturated heterocycles. The van der Waals surface area contributed by atoms with Crippen molar-refractivity contribution in [3.8, 4) is 17.1 Å². The van der Waals surface area contributed by atoms with E-state index in [0.29, 0.717) is 27.9 Å². The Morgan fingerprint density at radius 1 is 1.27 bits per heavy atom. The summed E-state index contributed by atoms with van der Waals surface area (Å²) in [5.41, 5.74) is -1.22. The van der Waals surface area contributed by atoms with Gasteiger partial charge in [0, 0.05) is 22.1 Å². The third-order valence-electron chi connectivity index (χ3n) is 5.30. The third kappa shape index (κ3) is 3.76. The Hall–Kier alpha value is -1.23. The molecular weight excluding hydrogens is 410 g/mol. The number of nitrogens with zero attached hydrogens (tertiary/aromatic N) is 2. The molecule has 3 aromatic rings. The van der Waals surface area contributed by atoms with Gasteiger partial charge in [0.15, 0.2) is 0 Å². The van der Waals surface area contributed by atoms with Gasteiger partial charge >= 0.3 is 59.1 Å². The smallest absolute Gasteiger partial charge is 0.547 e. The second-order valence-electron chi connectivity index (χ2n) is 6.85. The minimum Gasteiger partial charge on any atom is -0.547 e. The normalized spacial score (nSPS) is 13.6. The van der Waals surface area contributed by atoms with E-state index in [1.165, 1.54) is 23.6 Å². The van der Waals surface area contributed by atoms with E-state index in [9.17, 15) is 30.0 Å². The van der Waals surface area contributed by atoms with Crippen molar-refractivity contribution < 1.29 is 84.3 Å². The molecule has 0 spiro atoms. The molecule has 0 aliphatic carbocycles. The van der Waals surface area contributed by atoms with Crippen LogP contribution in [0.2, 0.25) is 0 Å². The molecular formula is C20H17N2Na2O6+. The van der Waals surface area contributed by atoms with Gasteiger partial charge in [-0.1, -0.05) is 6.92 Å². The number of phenolic OH excluding ortho intramolecular Hbond substituents is 1. The standard InChI is InChI=1S/C20H18N2O6.2Na/c1-2-20(28,19(26)27)14-7-16-17-11(8-22(16)18(25)13(14)9-23)5-10-6-12(24)3-4-15(10)21-17;;/h3-7,23-24,28H,2,8-9H2,1H3,(H,26,27);;/q;2*+1/p-1/t20-;;/m0../s1. The van der Waals surface area contributed by atoms with Crippen molar-refractivity contribution in [2.45, 2.75) is 32.1 Å². The van der Waals surface area contributed by atoms with Crippen molar-refractivity contribution in [3.05, 3.63) is 57.4 Å². The predicted octanol–water partition coefficient (Wildman–Crippen LogP) is -6.02. The number of aromatic nitrogens is 2. The first-order valence-corrected chi connectivity index (χ1v) is 8.75. The molecule has 3 N–H and O–H groups in total. The van der Waals surface area contributed by atoms with Crippen molar-refractivity contribution in [2.24, 2.45) is 0 Å². The summed E-state index contributed by atoms with van der Waals surface area (Å²) < 4.78 is 1.39. The molecule has 4 rings (SSSR count). The van der Waals surface area contributed by atoms with Gasteiger partial charge in [0.25, 0.3) is 5.56 Å². The molecule has 1 aromatic carbocycles. The first-order valence-electron chi connectivity index (χ1n) is 8.75. The predicted molar refractivity (Wildman–Crippen MR) is 97.3 cm³/mol. The quantitative estimate of drug-likeness (QED) is 0.276. The number of hydrogen-bond acceptors (Lipinski definition) is 7. The summed E-state index contributed by atoms with van der Waals surface area (Å²) in [4.78, 5) is 29.1. The van der Waals surface area contributed by atoms with Crippen LogP contribution < -0.4 is 69.8 Å². The van der Waals surface area contributed by atoms with Crippen molar-refractivity contribution in [1.29, 1.82) is 0 Å². The summed E-state index contributed by atoms with van der Waals surface area (Å²) in [6.07, 6.45) is -0.234. The molecule has 10 heteroatoms. The number of benzene rings is 1. The number of phenols is 1. The van der Waals surface area contributed by atoms with E-state index < -0.39 is 23.7 Å². The van der Waals surface area contributed by atoms with E-state index >= 15 is 0 Å². The van der Waals surface area contributed by atoms with Crippen LogP contribution in [0.3, 0.4) is 0 Å². The maximum atomic E-state index is 12.9. The van der Waals surface area contributed by atoms with Crippen molar-refractivity contribution in [2.75, 3.05) is 0 Å². The Morgan fingerprint density at radius 3 is 2.57 bits per heavy atom. The summed E-state index contributed by atoms with van der Waals surface area (Å²) in [5, 5.41) is 42.3. The van der Waals surface area contributed by atoms with Crippen LogP contribution >= 0.6 is 0 Å². The van der Waals surface area contributed by atoms with Crippen LogP contribution in [0.1, 0.15) is 30.0 Å². The van der Waals surface area contributed by atoms with Gasteiger partial charge in [-0.2, -0.15) is 0 Å². The van der Waals surface area contributed by atoms with Crippen LogP contribution in [0.4, 0.5) is 0 Å². The molecule has 0 radical (unpaired) electrons. The molecule has 144 valence electrons. The number of carbonyl (C=O) groups is 1. The fourth-order valence-corrected chi connectivity index (χ4v) is 3.73. The second kappa shape index (κ2) is 9.10. The monoisotopic (exact) mass is 427 g/mol. The molecule has 0 saturated carbocycles. The van der Waals surface area contributed by atoms with Gasteiger partial charge in [-0.25, -0.2) is 4.98 Å². The topological polar surface area (TPSA) is 136 Å². The number of aliphatic hydroxyl groups excluding tert-OH is 1. The number of carboxylic acid groups (broad SMARTS) is 1. The summed E-state index contributed by atoms with van der Waals surface area (Å²) in [6, 6.07) is 7.88. The molecule has 0 unspecified atom stereocenters. The molecule has 3 heterocycles. The fraction of sp³-hybridized carbons (Fsp3) is 0.250. The minimum absolute atomic E-state index is 0. The molecule has 0 amide bonds. The first kappa shape index (κ1) is 25.0. The zero-order chi connectivity index (χ0) is 20.2. The summed E-state index contributed by atoms with van der Waals surface area (Å²) in [5.74, 6) is -1.65. The van der Waals surface area contributed by atoms with E-state index in [0.717, 1.165) is 0 Å². The molecule has 30 heavy (non-hydrogen) atoms. The van der Waals surface area contributed by atoms with Crippen LogP contribution in [0, 0.1) is 0 Å². The number of hydrogen-bond donors (Lipinski definition) is 3. The van der Waals surface area contributed by atoms with Crippen molar-refractivity contribution in [3.63, 3.8) is 0 Å². The van der Waals surface area contributed by atoms with E-state index in [-0.39, 0.29) is 89.0 Å². The van der Waals surface area contributed by atoms with Gasteiger partial charge < -0.3 is 29.8 Å². The average molecular weight is 427 g/mol. The maximum absolute atomic E-state index is 12.9. The van der Waals surface area contributed by atoms with Crippen LogP contribution in [-0.2, 0) is 23.5 Å². The SMILES string of the molecule is CC[C@@](O)(C(=O)[O-])c1cc2n(c(=O)c1CO)Cc1cc3cc(O)ccc3nc1-2.[Na+].[Na+]. The minimum atomic E-state index is -2.40. The van der Waals surface area contributed by atoms with Gasteiger partial charge in [0.2, 0.25) is 0 Å².